The summed E-state index contributed by atoms with van der Waals surface area (Å²) in [6.45, 7) is 8.18. The van der Waals surface area contributed by atoms with Crippen LogP contribution in [0.5, 0.6) is 0 Å². The highest BCUT2D eigenvalue weighted by molar-refractivity contribution is 9.10. The molecule has 1 aromatic rings. The first-order valence-corrected chi connectivity index (χ1v) is 8.67. The lowest BCUT2D eigenvalue weighted by Crippen LogP contribution is -2.42. The van der Waals surface area contributed by atoms with Crippen molar-refractivity contribution in [2.75, 3.05) is 6.54 Å². The van der Waals surface area contributed by atoms with Gasteiger partial charge in [0.15, 0.2) is 0 Å². The third kappa shape index (κ3) is 3.17. The molecule has 0 radical (unpaired) electrons. The van der Waals surface area contributed by atoms with Crippen LogP contribution in [0.2, 0.25) is 0 Å². The Morgan fingerprint density at radius 1 is 1.56 bits per heavy atom. The third-order valence-corrected chi connectivity index (χ3v) is 6.34. The van der Waals surface area contributed by atoms with Crippen molar-refractivity contribution >= 4 is 27.3 Å². The van der Waals surface area contributed by atoms with E-state index in [0.29, 0.717) is 11.5 Å². The first kappa shape index (κ1) is 14.5. The standard InChI is InChI=1S/C15H24BrNS/c1-4-17-13(10-14-12(16)7-9-18-14)11-6-5-8-15(11,2)3/h7,9,11,13,17H,4-6,8,10H2,1-3H3. The Morgan fingerprint density at radius 2 is 2.33 bits per heavy atom. The molecule has 1 aromatic heterocycles. The normalized spacial score (nSPS) is 24.3. The maximum absolute atomic E-state index is 3.73. The smallest absolute Gasteiger partial charge is 0.0314 e. The molecule has 1 aliphatic carbocycles. The number of hydrogen-bond acceptors (Lipinski definition) is 2. The molecule has 1 nitrogen and oxygen atoms in total. The molecule has 1 aliphatic rings. The highest BCUT2D eigenvalue weighted by Gasteiger charge is 2.39. The van der Waals surface area contributed by atoms with Gasteiger partial charge in [-0.15, -0.1) is 11.3 Å². The molecule has 0 amide bonds. The van der Waals surface area contributed by atoms with Gasteiger partial charge < -0.3 is 5.32 Å². The number of rotatable bonds is 5. The summed E-state index contributed by atoms with van der Waals surface area (Å²) in [5, 5.41) is 5.91. The van der Waals surface area contributed by atoms with Gasteiger partial charge in [0.2, 0.25) is 0 Å². The lowest BCUT2D eigenvalue weighted by Gasteiger charge is -2.34. The quantitative estimate of drug-likeness (QED) is 0.813. The van der Waals surface area contributed by atoms with E-state index < -0.39 is 0 Å². The maximum atomic E-state index is 3.73. The Balaban J connectivity index is 2.11. The zero-order valence-electron chi connectivity index (χ0n) is 11.6. The van der Waals surface area contributed by atoms with E-state index in [4.69, 9.17) is 0 Å². The summed E-state index contributed by atoms with van der Waals surface area (Å²) in [7, 11) is 0. The topological polar surface area (TPSA) is 12.0 Å². The van der Waals surface area contributed by atoms with Gasteiger partial charge in [0.05, 0.1) is 0 Å². The van der Waals surface area contributed by atoms with Gasteiger partial charge in [0.25, 0.3) is 0 Å². The fourth-order valence-corrected chi connectivity index (χ4v) is 4.96. The molecule has 1 N–H and O–H groups in total. The Kier molecular flexibility index (Phi) is 4.90. The fourth-order valence-electron chi connectivity index (χ4n) is 3.39. The average molecular weight is 330 g/mol. The molecule has 1 heterocycles. The van der Waals surface area contributed by atoms with Gasteiger partial charge in [-0.1, -0.05) is 27.2 Å². The molecule has 0 bridgehead atoms. The summed E-state index contributed by atoms with van der Waals surface area (Å²) in [6, 6.07) is 2.80. The van der Waals surface area contributed by atoms with Crippen LogP contribution in [0.4, 0.5) is 0 Å². The van der Waals surface area contributed by atoms with Crippen LogP contribution in [-0.2, 0) is 6.42 Å². The van der Waals surface area contributed by atoms with Crippen molar-refractivity contribution in [1.29, 1.82) is 0 Å². The van der Waals surface area contributed by atoms with Crippen molar-refractivity contribution in [1.82, 2.24) is 5.32 Å². The van der Waals surface area contributed by atoms with E-state index in [1.165, 1.54) is 35.0 Å². The summed E-state index contributed by atoms with van der Waals surface area (Å²) in [4.78, 5) is 1.49. The van der Waals surface area contributed by atoms with Crippen molar-refractivity contribution in [3.63, 3.8) is 0 Å². The average Bonchev–Trinajstić information content (AvgIpc) is 2.84. The molecule has 18 heavy (non-hydrogen) atoms. The van der Waals surface area contributed by atoms with Crippen molar-refractivity contribution in [3.8, 4) is 0 Å². The molecular weight excluding hydrogens is 306 g/mol. The minimum atomic E-state index is 0.497. The predicted molar refractivity (Wildman–Crippen MR) is 84.3 cm³/mol. The van der Waals surface area contributed by atoms with E-state index in [1.54, 1.807) is 0 Å². The minimum Gasteiger partial charge on any atom is -0.314 e. The second kappa shape index (κ2) is 6.06. The molecular formula is C15H24BrNS. The molecule has 0 aliphatic heterocycles. The van der Waals surface area contributed by atoms with E-state index in [-0.39, 0.29) is 0 Å². The van der Waals surface area contributed by atoms with E-state index in [9.17, 15) is 0 Å². The van der Waals surface area contributed by atoms with E-state index in [2.05, 4.69) is 53.5 Å². The minimum absolute atomic E-state index is 0.497. The van der Waals surface area contributed by atoms with Gasteiger partial charge >= 0.3 is 0 Å². The van der Waals surface area contributed by atoms with Crippen molar-refractivity contribution in [2.45, 2.75) is 52.5 Å². The monoisotopic (exact) mass is 329 g/mol. The molecule has 2 rings (SSSR count). The number of likely N-dealkylation sites (N-methyl/N-ethyl adjacent to an activating group) is 1. The summed E-state index contributed by atoms with van der Waals surface area (Å²) in [5.41, 5.74) is 0.497. The van der Waals surface area contributed by atoms with E-state index in [0.717, 1.165) is 12.5 Å². The van der Waals surface area contributed by atoms with Gasteiger partial charge in [-0.05, 0) is 64.5 Å². The highest BCUT2D eigenvalue weighted by Crippen LogP contribution is 2.45. The maximum Gasteiger partial charge on any atom is 0.0314 e. The number of thiophene rings is 1. The van der Waals surface area contributed by atoms with E-state index in [1.807, 2.05) is 11.3 Å². The summed E-state index contributed by atoms with van der Waals surface area (Å²) in [6.07, 6.45) is 5.32. The lowest BCUT2D eigenvalue weighted by atomic mass is 9.76. The molecule has 1 saturated carbocycles. The molecule has 0 saturated heterocycles. The van der Waals surface area contributed by atoms with Crippen LogP contribution in [0, 0.1) is 11.3 Å². The summed E-state index contributed by atoms with van der Waals surface area (Å²) in [5.74, 6) is 0.812. The van der Waals surface area contributed by atoms with Crippen LogP contribution >= 0.6 is 27.3 Å². The molecule has 2 unspecified atom stereocenters. The lowest BCUT2D eigenvalue weighted by molar-refractivity contribution is 0.197. The Morgan fingerprint density at radius 3 is 2.83 bits per heavy atom. The Hall–Kier alpha value is 0.140. The predicted octanol–water partition coefficient (Wildman–Crippen LogP) is 4.86. The number of halogens is 1. The van der Waals surface area contributed by atoms with Gasteiger partial charge in [-0.3, -0.25) is 0 Å². The van der Waals surface area contributed by atoms with Crippen LogP contribution in [0.25, 0.3) is 0 Å². The second-order valence-electron chi connectivity index (χ2n) is 6.05. The SMILES string of the molecule is CCNC(Cc1sccc1Br)C1CCCC1(C)C. The third-order valence-electron chi connectivity index (χ3n) is 4.39. The zero-order valence-corrected chi connectivity index (χ0v) is 14.0. The van der Waals surface area contributed by atoms with Crippen molar-refractivity contribution in [3.05, 3.63) is 20.8 Å². The molecule has 3 heteroatoms. The fraction of sp³-hybridized carbons (Fsp3) is 0.733. The summed E-state index contributed by atoms with van der Waals surface area (Å²) >= 11 is 5.54. The van der Waals surface area contributed by atoms with Gasteiger partial charge in [0.1, 0.15) is 0 Å². The molecule has 2 atom stereocenters. The van der Waals surface area contributed by atoms with Gasteiger partial charge in [-0.2, -0.15) is 0 Å². The molecule has 0 aromatic carbocycles. The number of nitrogens with one attached hydrogen (secondary N) is 1. The van der Waals surface area contributed by atoms with Crippen molar-refractivity contribution < 1.29 is 0 Å². The molecule has 1 fully saturated rings. The molecule has 102 valence electrons. The van der Waals surface area contributed by atoms with Crippen LogP contribution in [0.3, 0.4) is 0 Å². The van der Waals surface area contributed by atoms with Crippen LogP contribution in [0.15, 0.2) is 15.9 Å². The van der Waals surface area contributed by atoms with Crippen LogP contribution in [0.1, 0.15) is 44.9 Å². The zero-order chi connectivity index (χ0) is 13.2. The Labute approximate surface area is 123 Å². The first-order valence-electron chi connectivity index (χ1n) is 7.00. The first-order chi connectivity index (χ1) is 8.54. The molecule has 0 spiro atoms. The largest absolute Gasteiger partial charge is 0.314 e. The van der Waals surface area contributed by atoms with Crippen LogP contribution < -0.4 is 5.32 Å². The van der Waals surface area contributed by atoms with Crippen LogP contribution in [-0.4, -0.2) is 12.6 Å². The van der Waals surface area contributed by atoms with Gasteiger partial charge in [0, 0.05) is 15.4 Å². The van der Waals surface area contributed by atoms with E-state index >= 15 is 0 Å². The number of hydrogen-bond donors (Lipinski definition) is 1. The summed E-state index contributed by atoms with van der Waals surface area (Å²) < 4.78 is 1.28. The van der Waals surface area contributed by atoms with Gasteiger partial charge in [-0.25, -0.2) is 0 Å². The van der Waals surface area contributed by atoms with Crippen molar-refractivity contribution in [2.24, 2.45) is 11.3 Å². The Bertz CT molecular complexity index is 386. The second-order valence-corrected chi connectivity index (χ2v) is 7.90. The highest BCUT2D eigenvalue weighted by atomic mass is 79.9.